The second-order valence-corrected chi connectivity index (χ2v) is 4.12. The Labute approximate surface area is 112 Å². The van der Waals surface area contributed by atoms with E-state index in [1.807, 2.05) is 6.92 Å². The van der Waals surface area contributed by atoms with Crippen LogP contribution in [0.2, 0.25) is 0 Å². The lowest BCUT2D eigenvalue weighted by Gasteiger charge is -2.07. The van der Waals surface area contributed by atoms with Gasteiger partial charge in [0.15, 0.2) is 0 Å². The van der Waals surface area contributed by atoms with Crippen molar-refractivity contribution in [1.29, 1.82) is 5.26 Å². The molecule has 0 saturated heterocycles. The lowest BCUT2D eigenvalue weighted by atomic mass is 10.2. The summed E-state index contributed by atoms with van der Waals surface area (Å²) in [5.74, 6) is -0.403. The fraction of sp³-hybridized carbons (Fsp3) is 0.357. The van der Waals surface area contributed by atoms with E-state index in [1.54, 1.807) is 30.3 Å². The number of nitrogens with zero attached hydrogens (tertiary/aromatic N) is 1. The van der Waals surface area contributed by atoms with Gasteiger partial charge in [0.2, 0.25) is 11.8 Å². The first-order valence-corrected chi connectivity index (χ1v) is 6.22. The lowest BCUT2D eigenvalue weighted by molar-refractivity contribution is -0.116. The van der Waals surface area contributed by atoms with Crippen LogP contribution in [-0.4, -0.2) is 11.8 Å². The highest BCUT2D eigenvalue weighted by molar-refractivity contribution is 5.94. The molecule has 100 valence electrons. The van der Waals surface area contributed by atoms with Crippen LogP contribution in [0.15, 0.2) is 24.3 Å². The number of carbonyl (C=O) groups is 2. The third kappa shape index (κ3) is 5.68. The molecule has 1 aromatic rings. The van der Waals surface area contributed by atoms with E-state index in [4.69, 9.17) is 5.26 Å². The first kappa shape index (κ1) is 14.7. The third-order valence-electron chi connectivity index (χ3n) is 2.43. The predicted molar refractivity (Wildman–Crippen MR) is 73.5 cm³/mol. The molecule has 1 rings (SSSR count). The Balaban J connectivity index is 2.59. The predicted octanol–water partition coefficient (Wildman–Crippen LogP) is 2.67. The van der Waals surface area contributed by atoms with Crippen molar-refractivity contribution in [3.63, 3.8) is 0 Å². The average Bonchev–Trinajstić information content (AvgIpc) is 2.37. The molecule has 2 N–H and O–H groups in total. The molecule has 0 fully saturated rings. The quantitative estimate of drug-likeness (QED) is 0.824. The summed E-state index contributed by atoms with van der Waals surface area (Å²) < 4.78 is 0. The van der Waals surface area contributed by atoms with E-state index in [1.165, 1.54) is 0 Å². The summed E-state index contributed by atoms with van der Waals surface area (Å²) in [4.78, 5) is 22.8. The molecule has 19 heavy (non-hydrogen) atoms. The van der Waals surface area contributed by atoms with Crippen LogP contribution >= 0.6 is 0 Å². The Morgan fingerprint density at radius 1 is 1.21 bits per heavy atom. The highest BCUT2D eigenvalue weighted by Gasteiger charge is 2.04. The van der Waals surface area contributed by atoms with Crippen molar-refractivity contribution in [3.8, 4) is 6.07 Å². The van der Waals surface area contributed by atoms with Gasteiger partial charge in [-0.15, -0.1) is 0 Å². The summed E-state index contributed by atoms with van der Waals surface area (Å²) in [6, 6.07) is 8.63. The van der Waals surface area contributed by atoms with Crippen molar-refractivity contribution < 1.29 is 9.59 Å². The molecule has 0 heterocycles. The normalized spacial score (nSPS) is 9.47. The maximum absolute atomic E-state index is 11.6. The number of rotatable bonds is 6. The summed E-state index contributed by atoms with van der Waals surface area (Å²) in [6.07, 6.45) is 2.12. The van der Waals surface area contributed by atoms with E-state index in [9.17, 15) is 9.59 Å². The SMILES string of the molecule is CCCCC(=O)Nc1cccc(NC(=O)CC#N)c1. The summed E-state index contributed by atoms with van der Waals surface area (Å²) >= 11 is 0. The first-order valence-electron chi connectivity index (χ1n) is 6.22. The molecule has 5 nitrogen and oxygen atoms in total. The van der Waals surface area contributed by atoms with Crippen molar-refractivity contribution in [3.05, 3.63) is 24.3 Å². The molecule has 0 spiro atoms. The van der Waals surface area contributed by atoms with Crippen LogP contribution in [-0.2, 0) is 9.59 Å². The number of hydrogen-bond donors (Lipinski definition) is 2. The second kappa shape index (κ2) is 7.88. The molecule has 0 atom stereocenters. The molecular formula is C14H17N3O2. The number of unbranched alkanes of at least 4 members (excludes halogenated alkanes) is 1. The standard InChI is InChI=1S/C14H17N3O2/c1-2-3-7-13(18)16-11-5-4-6-12(10-11)17-14(19)8-9-15/h4-6,10H,2-3,7-8H2,1H3,(H,16,18)(H,17,19). The van der Waals surface area contributed by atoms with Gasteiger partial charge in [0.1, 0.15) is 6.42 Å². The summed E-state index contributed by atoms with van der Waals surface area (Å²) in [6.45, 7) is 2.03. The molecular weight excluding hydrogens is 242 g/mol. The summed E-state index contributed by atoms with van der Waals surface area (Å²) in [5, 5.41) is 13.8. The van der Waals surface area contributed by atoms with Gasteiger partial charge in [-0.3, -0.25) is 9.59 Å². The van der Waals surface area contributed by atoms with Crippen molar-refractivity contribution >= 4 is 23.2 Å². The smallest absolute Gasteiger partial charge is 0.238 e. The van der Waals surface area contributed by atoms with Crippen LogP contribution in [0.3, 0.4) is 0 Å². The maximum Gasteiger partial charge on any atom is 0.238 e. The zero-order valence-corrected chi connectivity index (χ0v) is 10.9. The van der Waals surface area contributed by atoms with E-state index in [0.29, 0.717) is 17.8 Å². The van der Waals surface area contributed by atoms with Gasteiger partial charge in [-0.2, -0.15) is 5.26 Å². The van der Waals surface area contributed by atoms with Crippen LogP contribution in [0, 0.1) is 11.3 Å². The molecule has 0 aliphatic heterocycles. The topological polar surface area (TPSA) is 82.0 Å². The van der Waals surface area contributed by atoms with E-state index < -0.39 is 0 Å². The van der Waals surface area contributed by atoms with E-state index >= 15 is 0 Å². The van der Waals surface area contributed by atoms with E-state index in [2.05, 4.69) is 10.6 Å². The number of anilines is 2. The number of nitriles is 1. The Kier molecular flexibility index (Phi) is 6.10. The molecule has 1 aromatic carbocycles. The van der Waals surface area contributed by atoms with Gasteiger partial charge in [0, 0.05) is 17.8 Å². The van der Waals surface area contributed by atoms with Gasteiger partial charge in [-0.25, -0.2) is 0 Å². The largest absolute Gasteiger partial charge is 0.326 e. The highest BCUT2D eigenvalue weighted by Crippen LogP contribution is 2.15. The lowest BCUT2D eigenvalue weighted by Crippen LogP contribution is -2.12. The Morgan fingerprint density at radius 2 is 1.84 bits per heavy atom. The van der Waals surface area contributed by atoms with Gasteiger partial charge < -0.3 is 10.6 Å². The molecule has 0 saturated carbocycles. The maximum atomic E-state index is 11.6. The molecule has 0 radical (unpaired) electrons. The zero-order chi connectivity index (χ0) is 14.1. The van der Waals surface area contributed by atoms with Gasteiger partial charge in [0.05, 0.1) is 6.07 Å². The van der Waals surface area contributed by atoms with Crippen LogP contribution in [0.25, 0.3) is 0 Å². The third-order valence-corrected chi connectivity index (χ3v) is 2.43. The summed E-state index contributed by atoms with van der Waals surface area (Å²) in [5.41, 5.74) is 1.20. The highest BCUT2D eigenvalue weighted by atomic mass is 16.2. The van der Waals surface area contributed by atoms with Crippen LogP contribution in [0.4, 0.5) is 11.4 Å². The molecule has 0 bridgehead atoms. The van der Waals surface area contributed by atoms with Gasteiger partial charge >= 0.3 is 0 Å². The molecule has 5 heteroatoms. The van der Waals surface area contributed by atoms with E-state index in [-0.39, 0.29) is 18.2 Å². The van der Waals surface area contributed by atoms with Crippen LogP contribution in [0.1, 0.15) is 32.6 Å². The molecule has 0 aliphatic carbocycles. The Morgan fingerprint density at radius 3 is 2.42 bits per heavy atom. The number of carbonyl (C=O) groups excluding carboxylic acids is 2. The van der Waals surface area contributed by atoms with Crippen LogP contribution in [0.5, 0.6) is 0 Å². The fourth-order valence-corrected chi connectivity index (χ4v) is 1.51. The van der Waals surface area contributed by atoms with Gasteiger partial charge in [0.25, 0.3) is 0 Å². The minimum atomic E-state index is -0.364. The molecule has 0 unspecified atom stereocenters. The summed E-state index contributed by atoms with van der Waals surface area (Å²) in [7, 11) is 0. The van der Waals surface area contributed by atoms with Crippen LogP contribution < -0.4 is 10.6 Å². The minimum Gasteiger partial charge on any atom is -0.326 e. The Bertz CT molecular complexity index is 492. The first-order chi connectivity index (χ1) is 9.15. The minimum absolute atomic E-state index is 0.0395. The molecule has 0 aromatic heterocycles. The second-order valence-electron chi connectivity index (χ2n) is 4.12. The Hall–Kier alpha value is -2.35. The van der Waals surface area contributed by atoms with Crippen molar-refractivity contribution in [1.82, 2.24) is 0 Å². The van der Waals surface area contributed by atoms with Crippen molar-refractivity contribution in [2.75, 3.05) is 10.6 Å². The fourth-order valence-electron chi connectivity index (χ4n) is 1.51. The van der Waals surface area contributed by atoms with E-state index in [0.717, 1.165) is 12.8 Å². The van der Waals surface area contributed by atoms with Crippen molar-refractivity contribution in [2.24, 2.45) is 0 Å². The van der Waals surface area contributed by atoms with Crippen molar-refractivity contribution in [2.45, 2.75) is 32.6 Å². The number of hydrogen-bond acceptors (Lipinski definition) is 3. The molecule has 2 amide bonds. The molecule has 0 aliphatic rings. The van der Waals surface area contributed by atoms with Gasteiger partial charge in [-0.1, -0.05) is 19.4 Å². The number of nitrogens with one attached hydrogen (secondary N) is 2. The van der Waals surface area contributed by atoms with Gasteiger partial charge in [-0.05, 0) is 24.6 Å². The average molecular weight is 259 g/mol. The zero-order valence-electron chi connectivity index (χ0n) is 10.9. The number of amides is 2. The number of benzene rings is 1. The monoisotopic (exact) mass is 259 g/mol.